The van der Waals surface area contributed by atoms with Crippen LogP contribution in [-0.4, -0.2) is 49.1 Å². The first-order valence-electron chi connectivity index (χ1n) is 4.98. The van der Waals surface area contributed by atoms with Crippen molar-refractivity contribution in [2.45, 2.75) is 32.2 Å². The van der Waals surface area contributed by atoms with Crippen molar-refractivity contribution in [1.82, 2.24) is 9.80 Å². The maximum Gasteiger partial charge on any atom is 0.0429 e. The Morgan fingerprint density at radius 2 is 1.92 bits per heavy atom. The zero-order chi connectivity index (χ0) is 9.19. The zero-order valence-electron chi connectivity index (χ0n) is 8.93. The predicted octanol–water partition coefficient (Wildman–Crippen LogP) is 1.42. The predicted molar refractivity (Wildman–Crippen MR) is 53.4 cm³/mol. The van der Waals surface area contributed by atoms with Crippen molar-refractivity contribution in [3.63, 3.8) is 0 Å². The Balaban J connectivity index is 2.18. The van der Waals surface area contributed by atoms with Crippen LogP contribution >= 0.6 is 0 Å². The molecule has 2 nitrogen and oxygen atoms in total. The Kier molecular flexibility index (Phi) is 3.13. The summed E-state index contributed by atoms with van der Waals surface area (Å²) in [6.07, 6.45) is 2.67. The van der Waals surface area contributed by atoms with Crippen molar-refractivity contribution in [2.24, 2.45) is 0 Å². The Bertz CT molecular complexity index is 137. The minimum Gasteiger partial charge on any atom is -0.301 e. The highest BCUT2D eigenvalue weighted by Crippen LogP contribution is 2.24. The molecule has 0 unspecified atom stereocenters. The summed E-state index contributed by atoms with van der Waals surface area (Å²) >= 11 is 0. The fraction of sp³-hybridized carbons (Fsp3) is 1.00. The monoisotopic (exact) mass is 170 g/mol. The van der Waals surface area contributed by atoms with E-state index in [0.29, 0.717) is 5.54 Å². The normalized spacial score (nSPS) is 22.8. The van der Waals surface area contributed by atoms with E-state index in [1.54, 1.807) is 0 Å². The van der Waals surface area contributed by atoms with Crippen LogP contribution in [0.3, 0.4) is 0 Å². The molecule has 72 valence electrons. The Labute approximate surface area is 76.5 Å². The topological polar surface area (TPSA) is 6.48 Å². The van der Waals surface area contributed by atoms with Gasteiger partial charge in [0.05, 0.1) is 0 Å². The van der Waals surface area contributed by atoms with Crippen molar-refractivity contribution < 1.29 is 0 Å². The van der Waals surface area contributed by atoms with Crippen LogP contribution < -0.4 is 0 Å². The van der Waals surface area contributed by atoms with E-state index in [1.165, 1.54) is 32.5 Å². The minimum absolute atomic E-state index is 0.452. The molecule has 0 aromatic carbocycles. The van der Waals surface area contributed by atoms with Gasteiger partial charge in [-0.1, -0.05) is 13.3 Å². The van der Waals surface area contributed by atoms with Crippen molar-refractivity contribution in [3.05, 3.63) is 0 Å². The van der Waals surface area contributed by atoms with Gasteiger partial charge in [0.1, 0.15) is 0 Å². The van der Waals surface area contributed by atoms with E-state index in [2.05, 4.69) is 37.7 Å². The maximum atomic E-state index is 2.55. The van der Waals surface area contributed by atoms with Crippen molar-refractivity contribution in [3.8, 4) is 0 Å². The van der Waals surface area contributed by atoms with Crippen LogP contribution in [0.1, 0.15) is 26.7 Å². The third kappa shape index (κ3) is 1.99. The molecule has 0 N–H and O–H groups in total. The molecule has 0 spiro atoms. The molecule has 1 saturated heterocycles. The second-order valence-electron chi connectivity index (χ2n) is 4.46. The molecule has 12 heavy (non-hydrogen) atoms. The molecule has 0 atom stereocenters. The van der Waals surface area contributed by atoms with Gasteiger partial charge < -0.3 is 4.90 Å². The first kappa shape index (κ1) is 10.0. The van der Waals surface area contributed by atoms with Gasteiger partial charge in [0.2, 0.25) is 0 Å². The van der Waals surface area contributed by atoms with Gasteiger partial charge in [0.25, 0.3) is 0 Å². The molecule has 0 aromatic heterocycles. The molecule has 0 saturated carbocycles. The van der Waals surface area contributed by atoms with Crippen LogP contribution in [0.5, 0.6) is 0 Å². The van der Waals surface area contributed by atoms with Gasteiger partial charge in [-0.3, -0.25) is 4.90 Å². The molecular formula is C10H22N2. The van der Waals surface area contributed by atoms with Gasteiger partial charge in [0, 0.05) is 18.6 Å². The molecule has 2 heteroatoms. The van der Waals surface area contributed by atoms with Gasteiger partial charge in [-0.2, -0.15) is 0 Å². The van der Waals surface area contributed by atoms with E-state index in [-0.39, 0.29) is 0 Å². The fourth-order valence-electron chi connectivity index (χ4n) is 1.74. The largest absolute Gasteiger partial charge is 0.301 e. The van der Waals surface area contributed by atoms with Crippen LogP contribution in [0.4, 0.5) is 0 Å². The number of hydrogen-bond acceptors (Lipinski definition) is 2. The number of rotatable bonds is 4. The average Bonchev–Trinajstić information content (AvgIpc) is 1.95. The summed E-state index contributed by atoms with van der Waals surface area (Å²) in [6.45, 7) is 8.39. The molecule has 1 aliphatic heterocycles. The quantitative estimate of drug-likeness (QED) is 0.629. The van der Waals surface area contributed by atoms with Gasteiger partial charge in [-0.05, 0) is 34.0 Å². The number of nitrogens with zero attached hydrogens (tertiary/aromatic N) is 2. The lowest BCUT2D eigenvalue weighted by Crippen LogP contribution is -2.66. The molecule has 0 amide bonds. The smallest absolute Gasteiger partial charge is 0.0429 e. The third-order valence-electron chi connectivity index (χ3n) is 3.04. The molecular weight excluding hydrogens is 148 g/mol. The average molecular weight is 170 g/mol. The van der Waals surface area contributed by atoms with E-state index >= 15 is 0 Å². The summed E-state index contributed by atoms with van der Waals surface area (Å²) in [6, 6.07) is 0. The minimum atomic E-state index is 0.452. The lowest BCUT2D eigenvalue weighted by molar-refractivity contribution is -0.0160. The highest BCUT2D eigenvalue weighted by atomic mass is 15.3. The number of likely N-dealkylation sites (N-methyl/N-ethyl adjacent to an activating group) is 1. The van der Waals surface area contributed by atoms with Gasteiger partial charge in [-0.15, -0.1) is 0 Å². The highest BCUT2D eigenvalue weighted by molar-refractivity contribution is 4.98. The second-order valence-corrected chi connectivity index (χ2v) is 4.46. The Morgan fingerprint density at radius 3 is 2.33 bits per heavy atom. The molecule has 0 radical (unpaired) electrons. The van der Waals surface area contributed by atoms with Gasteiger partial charge in [0.15, 0.2) is 0 Å². The zero-order valence-corrected chi connectivity index (χ0v) is 8.93. The van der Waals surface area contributed by atoms with Crippen LogP contribution in [0.25, 0.3) is 0 Å². The standard InChI is InChI=1S/C10H22N2/c1-5-6-7-12-8-10(2,9-12)11(3)4/h5-9H2,1-4H3. The second kappa shape index (κ2) is 3.75. The number of likely N-dealkylation sites (tertiary alicyclic amines) is 1. The van der Waals surface area contributed by atoms with Crippen LogP contribution in [0.2, 0.25) is 0 Å². The van der Waals surface area contributed by atoms with Gasteiger partial charge >= 0.3 is 0 Å². The van der Waals surface area contributed by atoms with E-state index in [4.69, 9.17) is 0 Å². The lowest BCUT2D eigenvalue weighted by Gasteiger charge is -2.52. The first-order valence-corrected chi connectivity index (χ1v) is 4.98. The number of hydrogen-bond donors (Lipinski definition) is 0. The summed E-state index contributed by atoms with van der Waals surface area (Å²) in [5.74, 6) is 0. The van der Waals surface area contributed by atoms with E-state index in [0.717, 1.165) is 0 Å². The van der Waals surface area contributed by atoms with Crippen molar-refractivity contribution in [2.75, 3.05) is 33.7 Å². The molecule has 1 fully saturated rings. The molecule has 1 heterocycles. The molecule has 1 aliphatic rings. The van der Waals surface area contributed by atoms with E-state index in [9.17, 15) is 0 Å². The summed E-state index contributed by atoms with van der Waals surface area (Å²) in [4.78, 5) is 4.89. The Hall–Kier alpha value is -0.0800. The SMILES string of the molecule is CCCCN1CC(C)(N(C)C)C1. The first-order chi connectivity index (χ1) is 5.58. The molecule has 0 bridgehead atoms. The van der Waals surface area contributed by atoms with E-state index < -0.39 is 0 Å². The number of unbranched alkanes of at least 4 members (excludes halogenated alkanes) is 1. The van der Waals surface area contributed by atoms with Crippen molar-refractivity contribution in [1.29, 1.82) is 0 Å². The molecule has 0 aliphatic carbocycles. The Morgan fingerprint density at radius 1 is 1.33 bits per heavy atom. The molecule has 0 aromatic rings. The third-order valence-corrected chi connectivity index (χ3v) is 3.04. The summed E-state index contributed by atoms with van der Waals surface area (Å²) in [5, 5.41) is 0. The molecule has 1 rings (SSSR count). The summed E-state index contributed by atoms with van der Waals surface area (Å²) in [7, 11) is 4.36. The maximum absolute atomic E-state index is 2.55. The highest BCUT2D eigenvalue weighted by Gasteiger charge is 2.39. The van der Waals surface area contributed by atoms with Gasteiger partial charge in [-0.25, -0.2) is 0 Å². The fourth-order valence-corrected chi connectivity index (χ4v) is 1.74. The van der Waals surface area contributed by atoms with Crippen molar-refractivity contribution >= 4 is 0 Å². The van der Waals surface area contributed by atoms with Crippen LogP contribution in [-0.2, 0) is 0 Å². The van der Waals surface area contributed by atoms with Crippen LogP contribution in [0.15, 0.2) is 0 Å². The lowest BCUT2D eigenvalue weighted by atomic mass is 9.91. The summed E-state index contributed by atoms with van der Waals surface area (Å²) < 4.78 is 0. The van der Waals surface area contributed by atoms with Crippen LogP contribution in [0, 0.1) is 0 Å². The summed E-state index contributed by atoms with van der Waals surface area (Å²) in [5.41, 5.74) is 0.452. The van der Waals surface area contributed by atoms with E-state index in [1.807, 2.05) is 0 Å².